The normalized spacial score (nSPS) is 17.4. The highest BCUT2D eigenvalue weighted by Gasteiger charge is 2.35. The Hall–Kier alpha value is -2.61. The third kappa shape index (κ3) is 5.55. The molecule has 1 aliphatic rings. The van der Waals surface area contributed by atoms with Crippen LogP contribution in [0, 0.1) is 6.92 Å². The van der Waals surface area contributed by atoms with Gasteiger partial charge in [-0.25, -0.2) is 0 Å². The molecule has 1 N–H and O–H groups in total. The summed E-state index contributed by atoms with van der Waals surface area (Å²) in [5.74, 6) is 0.210. The Morgan fingerprint density at radius 2 is 2.06 bits per heavy atom. The number of para-hydroxylation sites is 1. The monoisotopic (exact) mass is 458 g/mol. The molecule has 0 aliphatic carbocycles. The highest BCUT2D eigenvalue weighted by atomic mass is 35.5. The number of aryl methyl sites for hydroxylation is 1. The summed E-state index contributed by atoms with van der Waals surface area (Å²) in [7, 11) is 0. The van der Waals surface area contributed by atoms with Gasteiger partial charge in [0.1, 0.15) is 18.5 Å². The third-order valence-electron chi connectivity index (χ3n) is 4.45. The van der Waals surface area contributed by atoms with E-state index >= 15 is 0 Å². The van der Waals surface area contributed by atoms with Crippen molar-refractivity contribution in [3.05, 3.63) is 63.5 Å². The van der Waals surface area contributed by atoms with Gasteiger partial charge in [-0.1, -0.05) is 42.8 Å². The zero-order valence-electron chi connectivity index (χ0n) is 17.2. The Labute approximate surface area is 190 Å². The minimum Gasteiger partial charge on any atom is -0.489 e. The molecule has 0 bridgehead atoms. The van der Waals surface area contributed by atoms with Crippen LogP contribution in [-0.4, -0.2) is 41.7 Å². The van der Waals surface area contributed by atoms with E-state index in [9.17, 15) is 14.7 Å². The standard InChI is InChI=1S/C23H23ClN2O4S/c1-3-10-25-23-26(19-7-5-4-6-15(19)2)22(29)21(31-23)12-16-8-9-20(18(24)11-16)30-14-17(28)13-27/h4-9,11-13,17,28H,3,10,14H2,1-2H3/b21-12+,25-23?. The van der Waals surface area contributed by atoms with Crippen molar-refractivity contribution in [2.45, 2.75) is 26.4 Å². The van der Waals surface area contributed by atoms with Crippen molar-refractivity contribution in [1.82, 2.24) is 0 Å². The lowest BCUT2D eigenvalue weighted by Crippen LogP contribution is -2.29. The Kier molecular flexibility index (Phi) is 7.90. The van der Waals surface area contributed by atoms with Crippen molar-refractivity contribution in [3.63, 3.8) is 0 Å². The number of aldehydes is 1. The zero-order valence-corrected chi connectivity index (χ0v) is 18.8. The second kappa shape index (κ2) is 10.6. The summed E-state index contributed by atoms with van der Waals surface area (Å²) >= 11 is 7.60. The van der Waals surface area contributed by atoms with Crippen LogP contribution in [0.15, 0.2) is 52.4 Å². The van der Waals surface area contributed by atoms with Gasteiger partial charge in [0.05, 0.1) is 15.6 Å². The Morgan fingerprint density at radius 3 is 2.74 bits per heavy atom. The SMILES string of the molecule is CCCN=C1S/C(=C/c2ccc(OCC(O)C=O)c(Cl)c2)C(=O)N1c1ccccc1C. The van der Waals surface area contributed by atoms with Crippen molar-refractivity contribution in [1.29, 1.82) is 0 Å². The molecule has 1 amide bonds. The number of thioether (sulfide) groups is 1. The van der Waals surface area contributed by atoms with Crippen LogP contribution in [0.1, 0.15) is 24.5 Å². The van der Waals surface area contributed by atoms with Gasteiger partial charge in [-0.2, -0.15) is 0 Å². The van der Waals surface area contributed by atoms with E-state index in [-0.39, 0.29) is 12.5 Å². The molecular formula is C23H23ClN2O4S. The predicted molar refractivity (Wildman–Crippen MR) is 126 cm³/mol. The van der Waals surface area contributed by atoms with Gasteiger partial charge in [0.25, 0.3) is 5.91 Å². The van der Waals surface area contributed by atoms with Crippen LogP contribution in [0.2, 0.25) is 5.02 Å². The molecule has 0 aromatic heterocycles. The van der Waals surface area contributed by atoms with Gasteiger partial charge in [0.2, 0.25) is 0 Å². The van der Waals surface area contributed by atoms with E-state index in [1.165, 1.54) is 11.8 Å². The molecular weight excluding hydrogens is 436 g/mol. The summed E-state index contributed by atoms with van der Waals surface area (Å²) in [5, 5.41) is 10.3. The van der Waals surface area contributed by atoms with Crippen molar-refractivity contribution in [2.24, 2.45) is 4.99 Å². The molecule has 0 saturated carbocycles. The van der Waals surface area contributed by atoms with Crippen molar-refractivity contribution in [2.75, 3.05) is 18.1 Å². The van der Waals surface area contributed by atoms with Crippen LogP contribution in [0.3, 0.4) is 0 Å². The fourth-order valence-electron chi connectivity index (χ4n) is 2.90. The molecule has 1 saturated heterocycles. The van der Waals surface area contributed by atoms with Crippen molar-refractivity contribution in [3.8, 4) is 5.75 Å². The Balaban J connectivity index is 1.88. The average Bonchev–Trinajstić information content (AvgIpc) is 3.06. The molecule has 2 aromatic carbocycles. The molecule has 3 rings (SSSR count). The third-order valence-corrected chi connectivity index (χ3v) is 5.76. The minimum atomic E-state index is -1.21. The number of aliphatic hydroxyl groups is 1. The van der Waals surface area contributed by atoms with Gasteiger partial charge in [-0.05, 0) is 60.5 Å². The Morgan fingerprint density at radius 1 is 1.29 bits per heavy atom. The van der Waals surface area contributed by atoms with Crippen LogP contribution in [0.4, 0.5) is 5.69 Å². The molecule has 1 aliphatic heterocycles. The molecule has 0 radical (unpaired) electrons. The first-order chi connectivity index (χ1) is 14.9. The minimum absolute atomic E-state index is 0.139. The summed E-state index contributed by atoms with van der Waals surface area (Å²) in [6.07, 6.45) is 1.84. The van der Waals surface area contributed by atoms with Gasteiger partial charge in [0.15, 0.2) is 11.5 Å². The summed E-state index contributed by atoms with van der Waals surface area (Å²) < 4.78 is 5.35. The molecule has 8 heteroatoms. The largest absolute Gasteiger partial charge is 0.489 e. The average molecular weight is 459 g/mol. The number of halogens is 1. The number of benzene rings is 2. The van der Waals surface area contributed by atoms with Gasteiger partial charge in [-0.3, -0.25) is 14.7 Å². The predicted octanol–water partition coefficient (Wildman–Crippen LogP) is 4.47. The topological polar surface area (TPSA) is 79.2 Å². The smallest absolute Gasteiger partial charge is 0.271 e. The van der Waals surface area contributed by atoms with E-state index in [4.69, 9.17) is 16.3 Å². The summed E-state index contributed by atoms with van der Waals surface area (Å²) in [5.41, 5.74) is 2.53. The first kappa shape index (κ1) is 23.1. The number of carbonyl (C=O) groups excluding carboxylic acids is 2. The molecule has 1 unspecified atom stereocenters. The number of aliphatic hydroxyl groups excluding tert-OH is 1. The van der Waals surface area contributed by atoms with Crippen LogP contribution in [0.5, 0.6) is 5.75 Å². The number of nitrogens with zero attached hydrogens (tertiary/aromatic N) is 2. The number of anilines is 1. The number of rotatable bonds is 8. The number of carbonyl (C=O) groups is 2. The molecule has 1 atom stereocenters. The second-order valence-electron chi connectivity index (χ2n) is 6.91. The van der Waals surface area contributed by atoms with Crippen LogP contribution in [-0.2, 0) is 9.59 Å². The molecule has 2 aromatic rings. The van der Waals surface area contributed by atoms with Gasteiger partial charge >= 0.3 is 0 Å². The van der Waals surface area contributed by atoms with Gasteiger partial charge in [-0.15, -0.1) is 0 Å². The maximum absolute atomic E-state index is 13.2. The molecule has 1 heterocycles. The van der Waals surface area contributed by atoms with E-state index in [0.29, 0.717) is 33.7 Å². The lowest BCUT2D eigenvalue weighted by atomic mass is 10.1. The van der Waals surface area contributed by atoms with Crippen molar-refractivity contribution < 1.29 is 19.4 Å². The molecule has 31 heavy (non-hydrogen) atoms. The van der Waals surface area contributed by atoms with E-state index in [1.807, 2.05) is 38.1 Å². The lowest BCUT2D eigenvalue weighted by molar-refractivity contribution is -0.116. The number of hydrogen-bond acceptors (Lipinski definition) is 6. The first-order valence-corrected chi connectivity index (χ1v) is 11.0. The van der Waals surface area contributed by atoms with Crippen molar-refractivity contribution >= 4 is 52.5 Å². The van der Waals surface area contributed by atoms with E-state index in [0.717, 1.165) is 23.2 Å². The lowest BCUT2D eigenvalue weighted by Gasteiger charge is -2.18. The van der Waals surface area contributed by atoms with Crippen LogP contribution >= 0.6 is 23.4 Å². The number of aliphatic imine (C=N–C) groups is 1. The van der Waals surface area contributed by atoms with Crippen LogP contribution in [0.25, 0.3) is 6.08 Å². The summed E-state index contributed by atoms with van der Waals surface area (Å²) in [6.45, 7) is 4.46. The highest BCUT2D eigenvalue weighted by molar-refractivity contribution is 8.19. The van der Waals surface area contributed by atoms with E-state index in [2.05, 4.69) is 4.99 Å². The highest BCUT2D eigenvalue weighted by Crippen LogP contribution is 2.38. The second-order valence-corrected chi connectivity index (χ2v) is 8.32. The fraction of sp³-hybridized carbons (Fsp3) is 0.261. The van der Waals surface area contributed by atoms with Gasteiger partial charge < -0.3 is 14.6 Å². The Bertz CT molecular complexity index is 1040. The van der Waals surface area contributed by atoms with E-state index < -0.39 is 6.10 Å². The molecule has 0 spiro atoms. The quantitative estimate of drug-likeness (QED) is 0.466. The summed E-state index contributed by atoms with van der Waals surface area (Å²) in [6, 6.07) is 12.8. The van der Waals surface area contributed by atoms with Crippen LogP contribution < -0.4 is 9.64 Å². The molecule has 6 nitrogen and oxygen atoms in total. The maximum atomic E-state index is 13.2. The van der Waals surface area contributed by atoms with E-state index in [1.54, 1.807) is 29.2 Å². The molecule has 1 fully saturated rings. The first-order valence-electron chi connectivity index (χ1n) is 9.84. The van der Waals surface area contributed by atoms with Gasteiger partial charge in [0, 0.05) is 6.54 Å². The maximum Gasteiger partial charge on any atom is 0.271 e. The zero-order chi connectivity index (χ0) is 22.4. The number of hydrogen-bond donors (Lipinski definition) is 1. The summed E-state index contributed by atoms with van der Waals surface area (Å²) in [4.78, 5) is 30.6. The molecule has 162 valence electrons. The number of amides is 1. The number of ether oxygens (including phenoxy) is 1. The fourth-order valence-corrected chi connectivity index (χ4v) is 4.15. The number of amidine groups is 1.